The highest BCUT2D eigenvalue weighted by Gasteiger charge is 2.18. The summed E-state index contributed by atoms with van der Waals surface area (Å²) >= 11 is 3.16. The monoisotopic (exact) mass is 349 g/mol. The van der Waals surface area contributed by atoms with Gasteiger partial charge in [-0.2, -0.15) is 4.98 Å². The van der Waals surface area contributed by atoms with E-state index in [1.165, 1.54) is 12.1 Å². The van der Waals surface area contributed by atoms with E-state index in [0.717, 1.165) is 0 Å². The van der Waals surface area contributed by atoms with Gasteiger partial charge in [-0.1, -0.05) is 6.07 Å². The lowest BCUT2D eigenvalue weighted by atomic mass is 10.3. The summed E-state index contributed by atoms with van der Waals surface area (Å²) in [7, 11) is 0. The molecule has 8 nitrogen and oxygen atoms in total. The summed E-state index contributed by atoms with van der Waals surface area (Å²) in [5.41, 5.74) is 6.05. The Kier molecular flexibility index (Phi) is 3.18. The molecule has 0 aliphatic carbocycles. The Bertz CT molecular complexity index is 848. The van der Waals surface area contributed by atoms with Gasteiger partial charge in [-0.25, -0.2) is 4.98 Å². The number of anilines is 1. The average molecular weight is 350 g/mol. The van der Waals surface area contributed by atoms with Gasteiger partial charge in [0, 0.05) is 18.5 Å². The second-order valence-electron chi connectivity index (χ2n) is 4.08. The fourth-order valence-electron chi connectivity index (χ4n) is 1.81. The van der Waals surface area contributed by atoms with Crippen LogP contribution in [0.2, 0.25) is 0 Å². The second kappa shape index (κ2) is 5.02. The Hall–Kier alpha value is -2.68. The van der Waals surface area contributed by atoms with Gasteiger partial charge in [0.1, 0.15) is 10.3 Å². The minimum absolute atomic E-state index is 0.101. The van der Waals surface area contributed by atoms with Gasteiger partial charge in [0.15, 0.2) is 5.75 Å². The number of nitrogens with zero attached hydrogens (tertiary/aromatic N) is 4. The number of fused-ring (bicyclic) bond motifs is 1. The molecule has 0 bridgehead atoms. The van der Waals surface area contributed by atoms with Gasteiger partial charge in [0.2, 0.25) is 5.65 Å². The van der Waals surface area contributed by atoms with E-state index in [1.807, 2.05) is 0 Å². The van der Waals surface area contributed by atoms with Crippen LogP contribution in [0.15, 0.2) is 41.3 Å². The predicted octanol–water partition coefficient (Wildman–Crippen LogP) is 2.77. The smallest absolute Gasteiger partial charge is 0.287 e. The van der Waals surface area contributed by atoms with Gasteiger partial charge in [0.25, 0.3) is 11.6 Å². The van der Waals surface area contributed by atoms with Crippen LogP contribution < -0.4 is 10.5 Å². The van der Waals surface area contributed by atoms with Crippen LogP contribution in [0.1, 0.15) is 0 Å². The molecule has 0 spiro atoms. The molecule has 0 aliphatic heterocycles. The highest BCUT2D eigenvalue weighted by molar-refractivity contribution is 9.10. The van der Waals surface area contributed by atoms with Crippen molar-refractivity contribution in [2.75, 3.05) is 5.73 Å². The summed E-state index contributed by atoms with van der Waals surface area (Å²) in [6.07, 6.45) is 4.87. The molecular formula is C12H8BrN5O3. The number of hydrogen-bond acceptors (Lipinski definition) is 6. The number of rotatable bonds is 3. The molecule has 9 heteroatoms. The van der Waals surface area contributed by atoms with Gasteiger partial charge >= 0.3 is 0 Å². The van der Waals surface area contributed by atoms with Crippen LogP contribution in [-0.2, 0) is 0 Å². The van der Waals surface area contributed by atoms with Crippen molar-refractivity contribution in [1.29, 1.82) is 0 Å². The normalized spacial score (nSPS) is 10.7. The number of ether oxygens (including phenoxy) is 1. The summed E-state index contributed by atoms with van der Waals surface area (Å²) in [6, 6.07) is 4.48. The molecule has 106 valence electrons. The Labute approximate surface area is 126 Å². The van der Waals surface area contributed by atoms with Crippen LogP contribution in [0.3, 0.4) is 0 Å². The van der Waals surface area contributed by atoms with E-state index in [0.29, 0.717) is 5.65 Å². The SMILES string of the molecule is Nc1cn2ccnc2c(Oc2cccc([N+](=O)[O-])c2Br)n1. The lowest BCUT2D eigenvalue weighted by Gasteiger charge is -2.08. The molecule has 3 rings (SSSR count). The van der Waals surface area contributed by atoms with Crippen molar-refractivity contribution in [1.82, 2.24) is 14.4 Å². The van der Waals surface area contributed by atoms with Crippen molar-refractivity contribution in [3.8, 4) is 11.6 Å². The maximum Gasteiger partial charge on any atom is 0.287 e. The number of nitrogens with two attached hydrogens (primary N) is 1. The lowest BCUT2D eigenvalue weighted by molar-refractivity contribution is -0.385. The third kappa shape index (κ3) is 2.38. The van der Waals surface area contributed by atoms with Crippen LogP contribution in [0.5, 0.6) is 11.6 Å². The van der Waals surface area contributed by atoms with Crippen molar-refractivity contribution in [2.45, 2.75) is 0 Å². The van der Waals surface area contributed by atoms with Crippen LogP contribution in [0, 0.1) is 10.1 Å². The van der Waals surface area contributed by atoms with Crippen molar-refractivity contribution < 1.29 is 9.66 Å². The molecule has 0 fully saturated rings. The van der Waals surface area contributed by atoms with E-state index in [-0.39, 0.29) is 27.6 Å². The van der Waals surface area contributed by atoms with Gasteiger partial charge in [0.05, 0.1) is 11.1 Å². The molecule has 0 radical (unpaired) electrons. The average Bonchev–Trinajstić information content (AvgIpc) is 2.88. The first-order chi connectivity index (χ1) is 10.1. The van der Waals surface area contributed by atoms with Gasteiger partial charge in [-0.05, 0) is 22.0 Å². The molecule has 2 heterocycles. The van der Waals surface area contributed by atoms with E-state index in [1.54, 1.807) is 29.1 Å². The lowest BCUT2D eigenvalue weighted by Crippen LogP contribution is -2.00. The second-order valence-corrected chi connectivity index (χ2v) is 4.87. The van der Waals surface area contributed by atoms with Gasteiger partial charge < -0.3 is 10.5 Å². The zero-order valence-electron chi connectivity index (χ0n) is 10.4. The first kappa shape index (κ1) is 13.3. The summed E-state index contributed by atoms with van der Waals surface area (Å²) < 4.78 is 7.51. The number of halogens is 1. The number of hydrogen-bond donors (Lipinski definition) is 1. The third-order valence-electron chi connectivity index (χ3n) is 2.71. The standard InChI is InChI=1S/C12H8BrN5O3/c13-10-7(18(19)20)2-1-3-8(10)21-12-11-15-4-5-17(11)6-9(14)16-12/h1-6H,14H2. The molecule has 2 aromatic heterocycles. The molecular weight excluding hydrogens is 342 g/mol. The Balaban J connectivity index is 2.09. The highest BCUT2D eigenvalue weighted by Crippen LogP contribution is 2.36. The minimum atomic E-state index is -0.505. The maximum atomic E-state index is 10.9. The summed E-state index contributed by atoms with van der Waals surface area (Å²) in [5.74, 6) is 0.672. The van der Waals surface area contributed by atoms with Crippen LogP contribution in [-0.4, -0.2) is 19.3 Å². The van der Waals surface area contributed by atoms with E-state index < -0.39 is 4.92 Å². The van der Waals surface area contributed by atoms with Crippen molar-refractivity contribution in [2.24, 2.45) is 0 Å². The first-order valence-corrected chi connectivity index (χ1v) is 6.55. The van der Waals surface area contributed by atoms with Gasteiger partial charge in [-0.15, -0.1) is 0 Å². The van der Waals surface area contributed by atoms with E-state index >= 15 is 0 Å². The highest BCUT2D eigenvalue weighted by atomic mass is 79.9. The fraction of sp³-hybridized carbons (Fsp3) is 0. The number of nitrogen functional groups attached to an aromatic ring is 1. The predicted molar refractivity (Wildman–Crippen MR) is 78.3 cm³/mol. The molecule has 21 heavy (non-hydrogen) atoms. The van der Waals surface area contributed by atoms with E-state index in [4.69, 9.17) is 10.5 Å². The molecule has 1 aromatic carbocycles. The van der Waals surface area contributed by atoms with E-state index in [9.17, 15) is 10.1 Å². The molecule has 0 unspecified atom stereocenters. The Morgan fingerprint density at radius 1 is 1.43 bits per heavy atom. The number of aromatic nitrogens is 3. The van der Waals surface area contributed by atoms with Crippen molar-refractivity contribution >= 4 is 33.1 Å². The zero-order chi connectivity index (χ0) is 15.0. The largest absolute Gasteiger partial charge is 0.434 e. The molecule has 0 atom stereocenters. The zero-order valence-corrected chi connectivity index (χ0v) is 12.0. The molecule has 0 saturated carbocycles. The molecule has 0 saturated heterocycles. The topological polar surface area (TPSA) is 109 Å². The number of imidazole rings is 1. The Morgan fingerprint density at radius 2 is 2.24 bits per heavy atom. The number of nitro groups is 1. The Morgan fingerprint density at radius 3 is 3.00 bits per heavy atom. The number of benzene rings is 1. The molecule has 0 aliphatic rings. The van der Waals surface area contributed by atoms with Crippen molar-refractivity contribution in [3.05, 3.63) is 51.4 Å². The molecule has 0 amide bonds. The van der Waals surface area contributed by atoms with Crippen LogP contribution in [0.25, 0.3) is 5.65 Å². The summed E-state index contributed by atoms with van der Waals surface area (Å²) in [6.45, 7) is 0. The van der Waals surface area contributed by atoms with Crippen LogP contribution in [0.4, 0.5) is 11.5 Å². The minimum Gasteiger partial charge on any atom is -0.434 e. The van der Waals surface area contributed by atoms with Gasteiger partial charge in [-0.3, -0.25) is 14.5 Å². The molecule has 2 N–H and O–H groups in total. The third-order valence-corrected chi connectivity index (χ3v) is 3.51. The van der Waals surface area contributed by atoms with Crippen molar-refractivity contribution in [3.63, 3.8) is 0 Å². The van der Waals surface area contributed by atoms with Crippen LogP contribution >= 0.6 is 15.9 Å². The first-order valence-electron chi connectivity index (χ1n) is 5.76. The fourth-order valence-corrected chi connectivity index (χ4v) is 2.30. The van der Waals surface area contributed by atoms with E-state index in [2.05, 4.69) is 25.9 Å². The summed E-state index contributed by atoms with van der Waals surface area (Å²) in [4.78, 5) is 18.6. The molecule has 3 aromatic rings. The quantitative estimate of drug-likeness (QED) is 0.575. The maximum absolute atomic E-state index is 10.9. The summed E-state index contributed by atoms with van der Waals surface area (Å²) in [5, 5.41) is 10.9. The number of nitro benzene ring substituents is 1.